The number of nitrogens with zero attached hydrogens (tertiary/aromatic N) is 3. The molecule has 4 saturated carbocycles. The van der Waals surface area contributed by atoms with Crippen molar-refractivity contribution < 1.29 is 4.79 Å². The van der Waals surface area contributed by atoms with E-state index in [2.05, 4.69) is 54.5 Å². The number of rotatable bonds is 6. The van der Waals surface area contributed by atoms with Crippen LogP contribution >= 0.6 is 0 Å². The Balaban J connectivity index is 1.25. The summed E-state index contributed by atoms with van der Waals surface area (Å²) in [7, 11) is 0. The fourth-order valence-corrected chi connectivity index (χ4v) is 8.11. The fourth-order valence-electron chi connectivity index (χ4n) is 8.11. The summed E-state index contributed by atoms with van der Waals surface area (Å²) in [5.74, 6) is 2.73. The first-order valence-corrected chi connectivity index (χ1v) is 13.1. The summed E-state index contributed by atoms with van der Waals surface area (Å²) in [6.45, 7) is 6.59. The number of pyridine rings is 1. The second kappa shape index (κ2) is 8.21. The average molecular weight is 457 g/mol. The van der Waals surface area contributed by atoms with Crippen LogP contribution in [0.5, 0.6) is 0 Å². The summed E-state index contributed by atoms with van der Waals surface area (Å²) in [6.07, 6.45) is 11.0. The number of fused-ring (bicyclic) bond motifs is 1. The molecule has 2 heterocycles. The molecule has 1 atom stereocenters. The Hall–Kier alpha value is -2.69. The first-order valence-electron chi connectivity index (χ1n) is 13.1. The van der Waals surface area contributed by atoms with Crippen LogP contribution in [0.1, 0.15) is 63.1 Å². The first kappa shape index (κ1) is 21.8. The van der Waals surface area contributed by atoms with E-state index in [0.29, 0.717) is 5.41 Å². The van der Waals surface area contributed by atoms with E-state index in [1.807, 2.05) is 13.1 Å². The first-order chi connectivity index (χ1) is 16.4. The molecule has 1 N–H and O–H groups in total. The smallest absolute Gasteiger partial charge is 0.242 e. The summed E-state index contributed by atoms with van der Waals surface area (Å²) in [5.41, 5.74) is 5.53. The van der Waals surface area contributed by atoms with Crippen molar-refractivity contribution in [3.05, 3.63) is 47.8 Å². The Labute approximate surface area is 202 Å². The molecule has 5 heteroatoms. The summed E-state index contributed by atoms with van der Waals surface area (Å²) in [4.78, 5) is 18.0. The molecule has 0 spiro atoms. The molecule has 4 aliphatic carbocycles. The molecule has 4 fully saturated rings. The molecule has 1 unspecified atom stereocenters. The van der Waals surface area contributed by atoms with Gasteiger partial charge >= 0.3 is 0 Å². The van der Waals surface area contributed by atoms with Gasteiger partial charge in [-0.15, -0.1) is 0 Å². The molecule has 4 aliphatic rings. The molecule has 2 aromatic heterocycles. The average Bonchev–Trinajstić information content (AvgIpc) is 3.11. The second-order valence-electron chi connectivity index (χ2n) is 11.5. The molecule has 0 saturated heterocycles. The molecule has 5 nitrogen and oxygen atoms in total. The zero-order valence-corrected chi connectivity index (χ0v) is 20.7. The second-order valence-corrected chi connectivity index (χ2v) is 11.5. The van der Waals surface area contributed by atoms with Crippen molar-refractivity contribution in [2.75, 3.05) is 0 Å². The fraction of sp³-hybridized carbons (Fsp3) is 0.552. The van der Waals surface area contributed by atoms with Crippen molar-refractivity contribution in [3.8, 4) is 11.1 Å². The zero-order chi connectivity index (χ0) is 23.4. The zero-order valence-electron chi connectivity index (χ0n) is 20.7. The monoisotopic (exact) mass is 456 g/mol. The molecule has 1 aromatic carbocycles. The third-order valence-electron chi connectivity index (χ3n) is 9.00. The molecule has 4 bridgehead atoms. The summed E-state index contributed by atoms with van der Waals surface area (Å²) >= 11 is 0. The van der Waals surface area contributed by atoms with Gasteiger partial charge in [-0.2, -0.15) is 5.10 Å². The number of hydrogen-bond acceptors (Lipinski definition) is 3. The number of nitrogens with one attached hydrogen (secondary N) is 1. The third-order valence-corrected chi connectivity index (χ3v) is 9.00. The van der Waals surface area contributed by atoms with Crippen LogP contribution in [0.2, 0.25) is 0 Å². The molecule has 0 radical (unpaired) electrons. The Morgan fingerprint density at radius 3 is 2.47 bits per heavy atom. The van der Waals surface area contributed by atoms with E-state index >= 15 is 0 Å². The highest BCUT2D eigenvalue weighted by Gasteiger charge is 2.54. The van der Waals surface area contributed by atoms with Crippen molar-refractivity contribution in [1.29, 1.82) is 0 Å². The van der Waals surface area contributed by atoms with Gasteiger partial charge in [0.25, 0.3) is 0 Å². The number of amides is 1. The molecule has 1 amide bonds. The SMILES string of the molecule is CCC(NC(=O)Cn1nc(C)c2c(-c3cccc(C)c3)ccnc21)C12CC3CC(CC(C3)C1)C2. The van der Waals surface area contributed by atoms with Crippen molar-refractivity contribution in [2.45, 2.75) is 78.3 Å². The molecule has 3 aromatic rings. The maximum absolute atomic E-state index is 13.3. The Morgan fingerprint density at radius 2 is 1.82 bits per heavy atom. The number of aromatic nitrogens is 3. The van der Waals surface area contributed by atoms with E-state index < -0.39 is 0 Å². The van der Waals surface area contributed by atoms with Gasteiger partial charge in [-0.1, -0.05) is 36.8 Å². The standard InChI is InChI=1S/C29H36N4O/c1-4-25(29-14-20-11-21(15-29)13-22(12-20)16-29)31-26(34)17-33-28-27(19(3)32-33)24(8-9-30-28)23-7-5-6-18(2)10-23/h5-10,20-22,25H,4,11-17H2,1-3H3,(H,31,34). The van der Waals surface area contributed by atoms with Crippen molar-refractivity contribution in [2.24, 2.45) is 23.2 Å². The van der Waals surface area contributed by atoms with Crippen LogP contribution < -0.4 is 5.32 Å². The molecule has 178 valence electrons. The maximum atomic E-state index is 13.3. The van der Waals surface area contributed by atoms with Crippen molar-refractivity contribution >= 4 is 16.9 Å². The Morgan fingerprint density at radius 1 is 1.12 bits per heavy atom. The molecular formula is C29H36N4O. The van der Waals surface area contributed by atoms with E-state index in [-0.39, 0.29) is 18.5 Å². The summed E-state index contributed by atoms with van der Waals surface area (Å²) in [6, 6.07) is 10.8. The lowest BCUT2D eigenvalue weighted by molar-refractivity contribution is -0.127. The lowest BCUT2D eigenvalue weighted by Gasteiger charge is -2.59. The van der Waals surface area contributed by atoms with E-state index in [0.717, 1.165) is 52.0 Å². The van der Waals surface area contributed by atoms with Gasteiger partial charge < -0.3 is 5.32 Å². The van der Waals surface area contributed by atoms with Crippen LogP contribution in [-0.2, 0) is 11.3 Å². The lowest BCUT2D eigenvalue weighted by Crippen LogP contribution is -2.57. The largest absolute Gasteiger partial charge is 0.351 e. The predicted molar refractivity (Wildman–Crippen MR) is 135 cm³/mol. The summed E-state index contributed by atoms with van der Waals surface area (Å²) in [5, 5.41) is 9.27. The minimum absolute atomic E-state index is 0.0646. The van der Waals surface area contributed by atoms with Gasteiger partial charge in [-0.05, 0) is 99.2 Å². The lowest BCUT2D eigenvalue weighted by atomic mass is 9.47. The van der Waals surface area contributed by atoms with Gasteiger partial charge in [-0.3, -0.25) is 4.79 Å². The normalized spacial score (nSPS) is 28.4. The van der Waals surface area contributed by atoms with E-state index in [1.54, 1.807) is 4.68 Å². The van der Waals surface area contributed by atoms with Crippen LogP contribution in [0.25, 0.3) is 22.2 Å². The molecular weight excluding hydrogens is 420 g/mol. The third kappa shape index (κ3) is 3.64. The van der Waals surface area contributed by atoms with Gasteiger partial charge in [0.05, 0.1) is 5.69 Å². The Kier molecular flexibility index (Phi) is 5.27. The number of carbonyl (C=O) groups is 1. The minimum atomic E-state index is 0.0646. The number of carbonyl (C=O) groups excluding carboxylic acids is 1. The van der Waals surface area contributed by atoms with Gasteiger partial charge in [0, 0.05) is 17.6 Å². The highest BCUT2D eigenvalue weighted by Crippen LogP contribution is 2.61. The van der Waals surface area contributed by atoms with Crippen LogP contribution in [0.4, 0.5) is 0 Å². The van der Waals surface area contributed by atoms with Crippen molar-refractivity contribution in [3.63, 3.8) is 0 Å². The van der Waals surface area contributed by atoms with Gasteiger partial charge in [0.1, 0.15) is 6.54 Å². The van der Waals surface area contributed by atoms with E-state index in [9.17, 15) is 4.79 Å². The van der Waals surface area contributed by atoms with Gasteiger partial charge in [0.15, 0.2) is 5.65 Å². The minimum Gasteiger partial charge on any atom is -0.351 e. The Bertz CT molecular complexity index is 1210. The highest BCUT2D eigenvalue weighted by atomic mass is 16.2. The van der Waals surface area contributed by atoms with Crippen LogP contribution in [0.15, 0.2) is 36.5 Å². The van der Waals surface area contributed by atoms with Crippen LogP contribution in [0.3, 0.4) is 0 Å². The van der Waals surface area contributed by atoms with E-state index in [1.165, 1.54) is 44.1 Å². The van der Waals surface area contributed by atoms with Crippen molar-refractivity contribution in [1.82, 2.24) is 20.1 Å². The molecule has 7 rings (SSSR count). The number of benzene rings is 1. The predicted octanol–water partition coefficient (Wildman–Crippen LogP) is 5.83. The maximum Gasteiger partial charge on any atom is 0.242 e. The molecule has 34 heavy (non-hydrogen) atoms. The number of aryl methyl sites for hydroxylation is 2. The quantitative estimate of drug-likeness (QED) is 0.508. The highest BCUT2D eigenvalue weighted by molar-refractivity contribution is 5.95. The van der Waals surface area contributed by atoms with E-state index in [4.69, 9.17) is 5.10 Å². The van der Waals surface area contributed by atoms with Gasteiger partial charge in [-0.25, -0.2) is 9.67 Å². The summed E-state index contributed by atoms with van der Waals surface area (Å²) < 4.78 is 1.80. The molecule has 0 aliphatic heterocycles. The van der Waals surface area contributed by atoms with Crippen LogP contribution in [-0.4, -0.2) is 26.7 Å². The number of hydrogen-bond donors (Lipinski definition) is 1. The topological polar surface area (TPSA) is 59.8 Å². The van der Waals surface area contributed by atoms with Gasteiger partial charge in [0.2, 0.25) is 5.91 Å². The van der Waals surface area contributed by atoms with Crippen LogP contribution in [0, 0.1) is 37.0 Å².